The third-order valence-electron chi connectivity index (χ3n) is 2.82. The first-order chi connectivity index (χ1) is 9.78. The van der Waals surface area contributed by atoms with Gasteiger partial charge in [0.25, 0.3) is 0 Å². The highest BCUT2D eigenvalue weighted by atomic mass is 79.9. The maximum Gasteiger partial charge on any atom is 0.133 e. The number of nitrogens with zero attached hydrogens (tertiary/aromatic N) is 2. The van der Waals surface area contributed by atoms with Gasteiger partial charge in [0.2, 0.25) is 0 Å². The van der Waals surface area contributed by atoms with Crippen molar-refractivity contribution in [2.75, 3.05) is 7.11 Å². The van der Waals surface area contributed by atoms with Gasteiger partial charge in [-0.3, -0.25) is 0 Å². The van der Waals surface area contributed by atoms with Gasteiger partial charge in [0, 0.05) is 11.1 Å². The lowest BCUT2D eigenvalue weighted by molar-refractivity contribution is 0.412. The van der Waals surface area contributed by atoms with Crippen LogP contribution in [0.4, 0.5) is 0 Å². The van der Waals surface area contributed by atoms with Crippen LogP contribution in [0.1, 0.15) is 5.56 Å². The zero-order chi connectivity index (χ0) is 13.9. The lowest BCUT2D eigenvalue weighted by Gasteiger charge is -2.06. The summed E-state index contributed by atoms with van der Waals surface area (Å²) in [6.45, 7) is 0. The van der Waals surface area contributed by atoms with E-state index in [0.29, 0.717) is 0 Å². The average Bonchev–Trinajstić information content (AvgIpc) is 2.94. The second-order valence-electron chi connectivity index (χ2n) is 4.08. The Morgan fingerprint density at radius 2 is 2.20 bits per heavy atom. The van der Waals surface area contributed by atoms with Gasteiger partial charge in [-0.15, -0.1) is 23.1 Å². The van der Waals surface area contributed by atoms with E-state index < -0.39 is 0 Å². The molecule has 2 heterocycles. The summed E-state index contributed by atoms with van der Waals surface area (Å²) >= 11 is 6.87. The van der Waals surface area contributed by atoms with Crippen LogP contribution in [0.25, 0.3) is 10.2 Å². The summed E-state index contributed by atoms with van der Waals surface area (Å²) in [7, 11) is 1.67. The summed E-state index contributed by atoms with van der Waals surface area (Å²) in [5, 5.41) is 4.21. The molecule has 102 valence electrons. The SMILES string of the molecule is COc1ccc(CSc2ncnc3sccc23)cc1Br. The molecule has 0 N–H and O–H groups in total. The fourth-order valence-corrected chi connectivity index (χ4v) is 4.14. The number of hydrogen-bond acceptors (Lipinski definition) is 5. The summed E-state index contributed by atoms with van der Waals surface area (Å²) in [5.74, 6) is 1.71. The van der Waals surface area contributed by atoms with E-state index in [2.05, 4.69) is 44.1 Å². The van der Waals surface area contributed by atoms with Crippen LogP contribution in [0.3, 0.4) is 0 Å². The first-order valence-corrected chi connectivity index (χ1v) is 8.57. The highest BCUT2D eigenvalue weighted by molar-refractivity contribution is 9.10. The molecule has 0 aliphatic rings. The van der Waals surface area contributed by atoms with E-state index in [0.717, 1.165) is 31.2 Å². The maximum absolute atomic E-state index is 5.24. The van der Waals surface area contributed by atoms with Crippen LogP contribution in [0.15, 0.2) is 45.5 Å². The predicted molar refractivity (Wildman–Crippen MR) is 87.7 cm³/mol. The molecule has 3 rings (SSSR count). The lowest BCUT2D eigenvalue weighted by Crippen LogP contribution is -1.88. The number of aromatic nitrogens is 2. The van der Waals surface area contributed by atoms with Crippen molar-refractivity contribution in [1.29, 1.82) is 0 Å². The normalized spacial score (nSPS) is 10.9. The molecule has 1 aromatic carbocycles. The number of ether oxygens (including phenoxy) is 1. The van der Waals surface area contributed by atoms with Crippen molar-refractivity contribution in [2.45, 2.75) is 10.8 Å². The summed E-state index contributed by atoms with van der Waals surface area (Å²) in [5.41, 5.74) is 1.23. The third-order valence-corrected chi connectivity index (χ3v) is 5.33. The first-order valence-electron chi connectivity index (χ1n) is 5.91. The number of benzene rings is 1. The Morgan fingerprint density at radius 1 is 1.30 bits per heavy atom. The van der Waals surface area contributed by atoms with E-state index in [1.807, 2.05) is 11.4 Å². The number of halogens is 1. The highest BCUT2D eigenvalue weighted by Crippen LogP contribution is 2.32. The Labute approximate surface area is 133 Å². The Morgan fingerprint density at radius 3 is 3.00 bits per heavy atom. The van der Waals surface area contributed by atoms with E-state index in [9.17, 15) is 0 Å². The summed E-state index contributed by atoms with van der Waals surface area (Å²) < 4.78 is 6.21. The van der Waals surface area contributed by atoms with Gasteiger partial charge >= 0.3 is 0 Å². The van der Waals surface area contributed by atoms with Gasteiger partial charge in [0.05, 0.1) is 11.6 Å². The zero-order valence-electron chi connectivity index (χ0n) is 10.7. The third kappa shape index (κ3) is 2.82. The Kier molecular flexibility index (Phi) is 4.24. The van der Waals surface area contributed by atoms with Crippen molar-refractivity contribution in [1.82, 2.24) is 9.97 Å². The second kappa shape index (κ2) is 6.11. The maximum atomic E-state index is 5.24. The molecule has 6 heteroatoms. The molecule has 3 aromatic rings. The number of thiophene rings is 1. The number of fused-ring (bicyclic) bond motifs is 1. The molecule has 20 heavy (non-hydrogen) atoms. The molecule has 0 bridgehead atoms. The van der Waals surface area contributed by atoms with Crippen LogP contribution in [0.2, 0.25) is 0 Å². The van der Waals surface area contributed by atoms with Gasteiger partial charge < -0.3 is 4.74 Å². The topological polar surface area (TPSA) is 35.0 Å². The molecule has 0 aliphatic heterocycles. The Hall–Kier alpha value is -1.11. The summed E-state index contributed by atoms with van der Waals surface area (Å²) in [6.07, 6.45) is 1.63. The molecule has 0 spiro atoms. The Balaban J connectivity index is 1.79. The van der Waals surface area contributed by atoms with Crippen molar-refractivity contribution >= 4 is 49.2 Å². The highest BCUT2D eigenvalue weighted by Gasteiger charge is 2.07. The van der Waals surface area contributed by atoms with Gasteiger partial charge in [-0.05, 0) is 45.1 Å². The number of thioether (sulfide) groups is 1. The minimum atomic E-state index is 0.848. The van der Waals surface area contributed by atoms with Crippen molar-refractivity contribution in [2.24, 2.45) is 0 Å². The van der Waals surface area contributed by atoms with Crippen molar-refractivity contribution in [3.05, 3.63) is 46.0 Å². The first kappa shape index (κ1) is 13.9. The molecule has 0 aliphatic carbocycles. The molecule has 0 atom stereocenters. The smallest absolute Gasteiger partial charge is 0.133 e. The minimum Gasteiger partial charge on any atom is -0.496 e. The molecular formula is C14H11BrN2OS2. The van der Waals surface area contributed by atoms with Gasteiger partial charge in [-0.1, -0.05) is 6.07 Å². The molecule has 0 fully saturated rings. The molecule has 0 unspecified atom stereocenters. The fourth-order valence-electron chi connectivity index (χ4n) is 1.83. The molecule has 0 radical (unpaired) electrons. The summed E-state index contributed by atoms with van der Waals surface area (Å²) in [4.78, 5) is 9.68. The van der Waals surface area contributed by atoms with Gasteiger partial charge in [0.1, 0.15) is 21.9 Å². The Bertz CT molecular complexity index is 745. The standard InChI is InChI=1S/C14H11BrN2OS2/c1-18-12-3-2-9(6-11(12)15)7-20-14-10-4-5-19-13(10)16-8-17-14/h2-6,8H,7H2,1H3. The quantitative estimate of drug-likeness (QED) is 0.492. The van der Waals surface area contributed by atoms with Crippen molar-refractivity contribution in [3.63, 3.8) is 0 Å². The van der Waals surface area contributed by atoms with E-state index in [4.69, 9.17) is 4.74 Å². The number of methoxy groups -OCH3 is 1. The van der Waals surface area contributed by atoms with Crippen LogP contribution < -0.4 is 4.74 Å². The van der Waals surface area contributed by atoms with Gasteiger partial charge in [-0.25, -0.2) is 9.97 Å². The number of hydrogen-bond donors (Lipinski definition) is 0. The van der Waals surface area contributed by atoms with Crippen molar-refractivity contribution in [3.8, 4) is 5.75 Å². The van der Waals surface area contributed by atoms with Crippen LogP contribution in [0.5, 0.6) is 5.75 Å². The van der Waals surface area contributed by atoms with Crippen LogP contribution >= 0.6 is 39.0 Å². The molecule has 0 saturated heterocycles. The molecule has 2 aromatic heterocycles. The predicted octanol–water partition coefficient (Wildman–Crippen LogP) is 4.75. The van der Waals surface area contributed by atoms with E-state index in [-0.39, 0.29) is 0 Å². The average molecular weight is 367 g/mol. The fraction of sp³-hybridized carbons (Fsp3) is 0.143. The van der Waals surface area contributed by atoms with Crippen LogP contribution in [0, 0.1) is 0 Å². The number of rotatable bonds is 4. The lowest BCUT2D eigenvalue weighted by atomic mass is 10.2. The van der Waals surface area contributed by atoms with Gasteiger partial charge in [0.15, 0.2) is 0 Å². The van der Waals surface area contributed by atoms with E-state index in [1.54, 1.807) is 36.5 Å². The monoisotopic (exact) mass is 366 g/mol. The van der Waals surface area contributed by atoms with Gasteiger partial charge in [-0.2, -0.15) is 0 Å². The second-order valence-corrected chi connectivity index (χ2v) is 6.79. The van der Waals surface area contributed by atoms with Crippen molar-refractivity contribution < 1.29 is 4.74 Å². The molecule has 0 amide bonds. The molecule has 0 saturated carbocycles. The molecular weight excluding hydrogens is 356 g/mol. The zero-order valence-corrected chi connectivity index (χ0v) is 13.9. The molecule has 3 nitrogen and oxygen atoms in total. The van der Waals surface area contributed by atoms with E-state index >= 15 is 0 Å². The van der Waals surface area contributed by atoms with Crippen LogP contribution in [-0.4, -0.2) is 17.1 Å². The largest absolute Gasteiger partial charge is 0.496 e. The van der Waals surface area contributed by atoms with Crippen LogP contribution in [-0.2, 0) is 5.75 Å². The summed E-state index contributed by atoms with van der Waals surface area (Å²) in [6, 6.07) is 8.20. The minimum absolute atomic E-state index is 0.848. The van der Waals surface area contributed by atoms with E-state index in [1.165, 1.54) is 5.56 Å².